The van der Waals surface area contributed by atoms with Crippen molar-refractivity contribution in [3.63, 3.8) is 0 Å². The Bertz CT molecular complexity index is 1120. The number of benzene rings is 2. The average molecular weight is 458 g/mol. The lowest BCUT2D eigenvalue weighted by atomic mass is 9.89. The first-order valence-corrected chi connectivity index (χ1v) is 9.53. The maximum atomic E-state index is 14.4. The van der Waals surface area contributed by atoms with Crippen molar-refractivity contribution in [3.8, 4) is 17.6 Å². The Balaban J connectivity index is 1.91. The lowest BCUT2D eigenvalue weighted by molar-refractivity contribution is -0.174. The van der Waals surface area contributed by atoms with Crippen molar-refractivity contribution < 1.29 is 31.5 Å². The molecule has 2 heterocycles. The van der Waals surface area contributed by atoms with Gasteiger partial charge in [0, 0.05) is 24.2 Å². The molecule has 0 bridgehead atoms. The number of carbonyl (C=O) groups is 1. The van der Waals surface area contributed by atoms with Gasteiger partial charge in [0.05, 0.1) is 17.1 Å². The number of nitrogens with one attached hydrogen (secondary N) is 1. The van der Waals surface area contributed by atoms with Crippen LogP contribution in [0.5, 0.6) is 11.5 Å². The van der Waals surface area contributed by atoms with Crippen molar-refractivity contribution in [2.45, 2.75) is 31.1 Å². The molecule has 2 aromatic carbocycles. The summed E-state index contributed by atoms with van der Waals surface area (Å²) in [5.74, 6) is -3.92. The molecule has 0 radical (unpaired) electrons. The number of amides is 1. The number of hydrogen-bond acceptors (Lipinski definition) is 4. The van der Waals surface area contributed by atoms with E-state index in [0.29, 0.717) is 12.0 Å². The molecule has 1 fully saturated rings. The van der Waals surface area contributed by atoms with Crippen LogP contribution in [0.4, 0.5) is 27.6 Å². The molecule has 0 spiro atoms. The Morgan fingerprint density at radius 1 is 1.26 bits per heavy atom. The Morgan fingerprint density at radius 2 is 2.00 bits per heavy atom. The first-order valence-electron chi connectivity index (χ1n) is 9.15. The summed E-state index contributed by atoms with van der Waals surface area (Å²) in [6, 6.07) is 4.08. The SMILES string of the molecule is N#Cc1c(F)cc2c(c1Cl)N1CCC[C@@H](NC(=O)C(F)(F)F)[C@H]1c1ccc(F)cc1O2. The van der Waals surface area contributed by atoms with Crippen LogP contribution in [0.15, 0.2) is 24.3 Å². The van der Waals surface area contributed by atoms with Crippen molar-refractivity contribution in [3.05, 3.63) is 52.0 Å². The normalized spacial score (nSPS) is 19.8. The van der Waals surface area contributed by atoms with Gasteiger partial charge in [0.25, 0.3) is 0 Å². The molecule has 1 amide bonds. The van der Waals surface area contributed by atoms with E-state index in [-0.39, 0.29) is 35.2 Å². The van der Waals surface area contributed by atoms with Crippen LogP contribution in [0, 0.1) is 23.0 Å². The minimum Gasteiger partial charge on any atom is -0.455 e. The molecule has 31 heavy (non-hydrogen) atoms. The van der Waals surface area contributed by atoms with Crippen molar-refractivity contribution in [2.24, 2.45) is 0 Å². The van der Waals surface area contributed by atoms with Crippen LogP contribution in [0.3, 0.4) is 0 Å². The zero-order valence-corrected chi connectivity index (χ0v) is 16.3. The molecule has 2 aromatic rings. The van der Waals surface area contributed by atoms with Gasteiger partial charge in [-0.1, -0.05) is 17.7 Å². The second-order valence-corrected chi connectivity index (χ2v) is 7.53. The largest absolute Gasteiger partial charge is 0.471 e. The Kier molecular flexibility index (Phi) is 5.17. The molecule has 2 aliphatic heterocycles. The molecule has 5 nitrogen and oxygen atoms in total. The number of nitriles is 1. The highest BCUT2D eigenvalue weighted by atomic mass is 35.5. The molecule has 162 valence electrons. The standard InChI is InChI=1S/C20H13ClF5N3O2/c21-16-11(8-27)12(23)7-15-18(16)29-5-1-2-13(28-19(30)20(24,25)26)17(29)10-4-3-9(22)6-14(10)31-15/h3-4,6-7,13,17H,1-2,5H2,(H,28,30)/t13-,17-/m1/s1. The summed E-state index contributed by atoms with van der Waals surface area (Å²) in [6.45, 7) is 0.270. The number of piperidine rings is 1. The average Bonchev–Trinajstić information content (AvgIpc) is 2.81. The van der Waals surface area contributed by atoms with Gasteiger partial charge >= 0.3 is 12.1 Å². The lowest BCUT2D eigenvalue weighted by Crippen LogP contribution is -2.52. The summed E-state index contributed by atoms with van der Waals surface area (Å²) >= 11 is 6.30. The number of alkyl halides is 3. The van der Waals surface area contributed by atoms with Gasteiger partial charge in [0.15, 0.2) is 5.75 Å². The maximum absolute atomic E-state index is 14.4. The highest BCUT2D eigenvalue weighted by molar-refractivity contribution is 6.35. The van der Waals surface area contributed by atoms with Gasteiger partial charge in [-0.2, -0.15) is 18.4 Å². The lowest BCUT2D eigenvalue weighted by Gasteiger charge is -2.42. The number of fused-ring (bicyclic) bond motifs is 5. The zero-order chi connectivity index (χ0) is 22.5. The molecule has 2 aliphatic rings. The second kappa shape index (κ2) is 7.57. The quantitative estimate of drug-likeness (QED) is 0.613. The molecule has 4 rings (SSSR count). The fourth-order valence-electron chi connectivity index (χ4n) is 4.03. The van der Waals surface area contributed by atoms with Crippen LogP contribution in [0.2, 0.25) is 5.02 Å². The minimum atomic E-state index is -5.10. The Morgan fingerprint density at radius 3 is 2.68 bits per heavy atom. The topological polar surface area (TPSA) is 65.4 Å². The highest BCUT2D eigenvalue weighted by Crippen LogP contribution is 2.51. The number of carbonyl (C=O) groups excluding carboxylic acids is 1. The predicted octanol–water partition coefficient (Wildman–Crippen LogP) is 4.98. The van der Waals surface area contributed by atoms with E-state index in [1.54, 1.807) is 11.0 Å². The molecule has 0 aliphatic carbocycles. The van der Waals surface area contributed by atoms with Crippen LogP contribution in [0.1, 0.15) is 30.0 Å². The van der Waals surface area contributed by atoms with E-state index >= 15 is 0 Å². The number of rotatable bonds is 1. The number of hydrogen-bond donors (Lipinski definition) is 1. The third-order valence-electron chi connectivity index (χ3n) is 5.28. The summed E-state index contributed by atoms with van der Waals surface area (Å²) < 4.78 is 72.7. The smallest absolute Gasteiger partial charge is 0.455 e. The van der Waals surface area contributed by atoms with Gasteiger partial charge in [0.2, 0.25) is 0 Å². The van der Waals surface area contributed by atoms with E-state index in [9.17, 15) is 32.0 Å². The number of halogens is 6. The summed E-state index contributed by atoms with van der Waals surface area (Å²) in [7, 11) is 0. The third-order valence-corrected chi connectivity index (χ3v) is 5.64. The Hall–Kier alpha value is -3.06. The van der Waals surface area contributed by atoms with Crippen molar-refractivity contribution in [1.29, 1.82) is 5.26 Å². The Labute approximate surface area is 178 Å². The first kappa shape index (κ1) is 21.2. The van der Waals surface area contributed by atoms with Crippen LogP contribution in [0.25, 0.3) is 0 Å². The van der Waals surface area contributed by atoms with Crippen LogP contribution >= 0.6 is 11.6 Å². The van der Waals surface area contributed by atoms with Crippen LogP contribution in [-0.4, -0.2) is 24.7 Å². The van der Waals surface area contributed by atoms with Crippen LogP contribution in [-0.2, 0) is 4.79 Å². The summed E-state index contributed by atoms with van der Waals surface area (Å²) in [5, 5.41) is 11.0. The van der Waals surface area contributed by atoms with E-state index in [1.165, 1.54) is 6.07 Å². The zero-order valence-electron chi connectivity index (χ0n) is 15.6. The monoisotopic (exact) mass is 457 g/mol. The molecule has 1 saturated heterocycles. The number of ether oxygens (including phenoxy) is 1. The number of nitrogens with zero attached hydrogens (tertiary/aromatic N) is 2. The molecule has 11 heteroatoms. The van der Waals surface area contributed by atoms with E-state index in [4.69, 9.17) is 16.3 Å². The summed E-state index contributed by atoms with van der Waals surface area (Å²) in [4.78, 5) is 13.2. The molecule has 0 saturated carbocycles. The van der Waals surface area contributed by atoms with Gasteiger partial charge in [-0.3, -0.25) is 4.79 Å². The van der Waals surface area contributed by atoms with Gasteiger partial charge in [-0.05, 0) is 18.9 Å². The van der Waals surface area contributed by atoms with Gasteiger partial charge in [0.1, 0.15) is 34.7 Å². The van der Waals surface area contributed by atoms with Gasteiger partial charge < -0.3 is 15.0 Å². The first-order chi connectivity index (χ1) is 14.6. The minimum absolute atomic E-state index is 0.0536. The van der Waals surface area contributed by atoms with E-state index in [1.807, 2.05) is 5.32 Å². The fraction of sp³-hybridized carbons (Fsp3) is 0.300. The van der Waals surface area contributed by atoms with Crippen LogP contribution < -0.4 is 15.0 Å². The van der Waals surface area contributed by atoms with E-state index in [2.05, 4.69) is 0 Å². The second-order valence-electron chi connectivity index (χ2n) is 7.15. The maximum Gasteiger partial charge on any atom is 0.471 e. The van der Waals surface area contributed by atoms with E-state index < -0.39 is 41.4 Å². The predicted molar refractivity (Wildman–Crippen MR) is 99.9 cm³/mol. The molecule has 0 unspecified atom stereocenters. The summed E-state index contributed by atoms with van der Waals surface area (Å²) in [5.41, 5.74) is -0.0757. The molecule has 2 atom stereocenters. The molecular weight excluding hydrogens is 445 g/mol. The van der Waals surface area contributed by atoms with Crippen molar-refractivity contribution >= 4 is 23.2 Å². The van der Waals surface area contributed by atoms with Crippen molar-refractivity contribution in [1.82, 2.24) is 5.32 Å². The van der Waals surface area contributed by atoms with E-state index in [0.717, 1.165) is 18.2 Å². The highest BCUT2D eigenvalue weighted by Gasteiger charge is 2.45. The van der Waals surface area contributed by atoms with Gasteiger partial charge in [-0.25, -0.2) is 8.78 Å². The fourth-order valence-corrected chi connectivity index (χ4v) is 4.36. The summed E-state index contributed by atoms with van der Waals surface area (Å²) in [6.07, 6.45) is -4.54. The number of anilines is 1. The molecule has 1 N–H and O–H groups in total. The molecular formula is C20H13ClF5N3O2. The molecule has 0 aromatic heterocycles. The van der Waals surface area contributed by atoms with Crippen molar-refractivity contribution in [2.75, 3.05) is 11.4 Å². The van der Waals surface area contributed by atoms with Gasteiger partial charge in [-0.15, -0.1) is 0 Å². The third kappa shape index (κ3) is 3.63.